The molecule has 0 aromatic carbocycles. The standard InChI is InChI=1S/C17H28O5/c1-16(2,3)17(4,5)11-13(18)9-8-12(15(20)22-7)10-14(19)21-6/h8-10,13,18H,11H2,1-7H3/b9-8+,12-10-/t13-/m1/s1. The summed E-state index contributed by atoms with van der Waals surface area (Å²) in [4.78, 5) is 22.8. The molecule has 0 aromatic heterocycles. The highest BCUT2D eigenvalue weighted by molar-refractivity contribution is 5.98. The average molecular weight is 312 g/mol. The molecule has 0 bridgehead atoms. The minimum Gasteiger partial charge on any atom is -0.466 e. The molecule has 1 N–H and O–H groups in total. The van der Waals surface area contributed by atoms with Gasteiger partial charge in [0, 0.05) is 6.08 Å². The van der Waals surface area contributed by atoms with Gasteiger partial charge in [-0.05, 0) is 23.3 Å². The molecule has 0 heterocycles. The fourth-order valence-corrected chi connectivity index (χ4v) is 1.59. The first-order chi connectivity index (χ1) is 9.94. The first-order valence-electron chi connectivity index (χ1n) is 7.19. The molecule has 0 aliphatic rings. The van der Waals surface area contributed by atoms with E-state index >= 15 is 0 Å². The number of carbonyl (C=O) groups excluding carboxylic acids is 2. The summed E-state index contributed by atoms with van der Waals surface area (Å²) < 4.78 is 9.09. The Hall–Kier alpha value is -1.62. The third-order valence-electron chi connectivity index (χ3n) is 4.14. The van der Waals surface area contributed by atoms with Crippen LogP contribution in [0.5, 0.6) is 0 Å². The number of aliphatic hydroxyl groups is 1. The fraction of sp³-hybridized carbons (Fsp3) is 0.647. The number of aliphatic hydroxyl groups excluding tert-OH is 1. The van der Waals surface area contributed by atoms with Gasteiger partial charge in [0.25, 0.3) is 0 Å². The van der Waals surface area contributed by atoms with Gasteiger partial charge in [0.15, 0.2) is 0 Å². The van der Waals surface area contributed by atoms with Crippen molar-refractivity contribution in [1.29, 1.82) is 0 Å². The van der Waals surface area contributed by atoms with Crippen molar-refractivity contribution in [2.45, 2.75) is 47.1 Å². The zero-order valence-electron chi connectivity index (χ0n) is 14.6. The van der Waals surface area contributed by atoms with Crippen LogP contribution in [0.4, 0.5) is 0 Å². The third-order valence-corrected chi connectivity index (χ3v) is 4.14. The lowest BCUT2D eigenvalue weighted by Crippen LogP contribution is -2.32. The third kappa shape index (κ3) is 6.43. The molecule has 0 radical (unpaired) electrons. The second-order valence-electron chi connectivity index (χ2n) is 6.88. The summed E-state index contributed by atoms with van der Waals surface area (Å²) in [5.41, 5.74) is -0.0507. The highest BCUT2D eigenvalue weighted by atomic mass is 16.5. The molecule has 0 saturated carbocycles. The predicted molar refractivity (Wildman–Crippen MR) is 85.1 cm³/mol. The number of hydrogen-bond donors (Lipinski definition) is 1. The van der Waals surface area contributed by atoms with Crippen LogP contribution in [-0.4, -0.2) is 37.4 Å². The molecule has 0 fully saturated rings. The van der Waals surface area contributed by atoms with Gasteiger partial charge in [-0.25, -0.2) is 9.59 Å². The summed E-state index contributed by atoms with van der Waals surface area (Å²) in [6.45, 7) is 10.5. The maximum Gasteiger partial charge on any atom is 0.338 e. The van der Waals surface area contributed by atoms with Crippen LogP contribution in [-0.2, 0) is 19.1 Å². The van der Waals surface area contributed by atoms with Gasteiger partial charge in [-0.15, -0.1) is 0 Å². The zero-order chi connectivity index (χ0) is 17.6. The highest BCUT2D eigenvalue weighted by Crippen LogP contribution is 2.41. The van der Waals surface area contributed by atoms with Crippen LogP contribution in [0.15, 0.2) is 23.8 Å². The fourth-order valence-electron chi connectivity index (χ4n) is 1.59. The molecule has 0 saturated heterocycles. The highest BCUT2D eigenvalue weighted by Gasteiger charge is 2.33. The molecule has 0 aliphatic heterocycles. The van der Waals surface area contributed by atoms with Gasteiger partial charge < -0.3 is 14.6 Å². The van der Waals surface area contributed by atoms with Crippen LogP contribution < -0.4 is 0 Å². The molecule has 126 valence electrons. The van der Waals surface area contributed by atoms with Crippen LogP contribution >= 0.6 is 0 Å². The van der Waals surface area contributed by atoms with Crippen molar-refractivity contribution in [3.05, 3.63) is 23.8 Å². The summed E-state index contributed by atoms with van der Waals surface area (Å²) in [5, 5.41) is 10.2. The van der Waals surface area contributed by atoms with Crippen molar-refractivity contribution in [1.82, 2.24) is 0 Å². The van der Waals surface area contributed by atoms with E-state index in [1.54, 1.807) is 0 Å². The lowest BCUT2D eigenvalue weighted by molar-refractivity contribution is -0.138. The molecule has 0 aliphatic carbocycles. The summed E-state index contributed by atoms with van der Waals surface area (Å²) in [6, 6.07) is 0. The summed E-state index contributed by atoms with van der Waals surface area (Å²) in [6.07, 6.45) is 3.69. The summed E-state index contributed by atoms with van der Waals surface area (Å²) in [5.74, 6) is -1.32. The van der Waals surface area contributed by atoms with Gasteiger partial charge in [0.2, 0.25) is 0 Å². The van der Waals surface area contributed by atoms with Crippen molar-refractivity contribution in [2.24, 2.45) is 10.8 Å². The van der Waals surface area contributed by atoms with Crippen LogP contribution in [0.1, 0.15) is 41.0 Å². The Bertz CT molecular complexity index is 452. The number of hydrogen-bond acceptors (Lipinski definition) is 5. The zero-order valence-corrected chi connectivity index (χ0v) is 14.6. The normalized spacial score (nSPS) is 14.8. The molecule has 22 heavy (non-hydrogen) atoms. The number of methoxy groups -OCH3 is 2. The van der Waals surface area contributed by atoms with Crippen LogP contribution in [0.25, 0.3) is 0 Å². The van der Waals surface area contributed by atoms with Gasteiger partial charge in [0.1, 0.15) is 0 Å². The Kier molecular flexibility index (Phi) is 7.53. The molecule has 0 amide bonds. The number of ether oxygens (including phenoxy) is 2. The van der Waals surface area contributed by atoms with Gasteiger partial charge >= 0.3 is 11.9 Å². The Morgan fingerprint density at radius 1 is 1.09 bits per heavy atom. The van der Waals surface area contributed by atoms with E-state index in [1.807, 2.05) is 0 Å². The van der Waals surface area contributed by atoms with Crippen molar-refractivity contribution < 1.29 is 24.2 Å². The van der Waals surface area contributed by atoms with Crippen LogP contribution in [0.3, 0.4) is 0 Å². The van der Waals surface area contributed by atoms with Gasteiger partial charge in [-0.3, -0.25) is 0 Å². The first kappa shape index (κ1) is 20.4. The van der Waals surface area contributed by atoms with Crippen molar-refractivity contribution in [3.8, 4) is 0 Å². The van der Waals surface area contributed by atoms with Crippen LogP contribution in [0, 0.1) is 10.8 Å². The van der Waals surface area contributed by atoms with E-state index in [-0.39, 0.29) is 16.4 Å². The van der Waals surface area contributed by atoms with Gasteiger partial charge in [-0.2, -0.15) is 0 Å². The molecule has 0 rings (SSSR count). The molecular weight excluding hydrogens is 284 g/mol. The number of esters is 2. The average Bonchev–Trinajstić information content (AvgIpc) is 2.40. The molecule has 5 nitrogen and oxygen atoms in total. The van der Waals surface area contributed by atoms with Gasteiger partial charge in [-0.1, -0.05) is 40.7 Å². The molecule has 1 atom stereocenters. The molecule has 0 aromatic rings. The van der Waals surface area contributed by atoms with E-state index in [9.17, 15) is 14.7 Å². The minimum absolute atomic E-state index is 0.0227. The van der Waals surface area contributed by atoms with Crippen molar-refractivity contribution in [3.63, 3.8) is 0 Å². The second kappa shape index (κ2) is 8.13. The van der Waals surface area contributed by atoms with Gasteiger partial charge in [0.05, 0.1) is 25.9 Å². The quantitative estimate of drug-likeness (QED) is 0.464. The molecule has 5 heteroatoms. The maximum atomic E-state index is 11.6. The molecule has 0 unspecified atom stereocenters. The lowest BCUT2D eigenvalue weighted by atomic mass is 9.66. The Morgan fingerprint density at radius 3 is 2.05 bits per heavy atom. The molecular formula is C17H28O5. The van der Waals surface area contributed by atoms with Crippen LogP contribution in [0.2, 0.25) is 0 Å². The number of rotatable bonds is 6. The number of carbonyl (C=O) groups is 2. The van der Waals surface area contributed by atoms with Crippen molar-refractivity contribution in [2.75, 3.05) is 14.2 Å². The second-order valence-corrected chi connectivity index (χ2v) is 6.88. The van der Waals surface area contributed by atoms with E-state index in [0.717, 1.165) is 6.08 Å². The van der Waals surface area contributed by atoms with E-state index in [2.05, 4.69) is 44.1 Å². The maximum absolute atomic E-state index is 11.6. The monoisotopic (exact) mass is 312 g/mol. The summed E-state index contributed by atoms with van der Waals surface area (Å²) >= 11 is 0. The predicted octanol–water partition coefficient (Wildman–Crippen LogP) is 2.64. The topological polar surface area (TPSA) is 72.8 Å². The Morgan fingerprint density at radius 2 is 1.64 bits per heavy atom. The van der Waals surface area contributed by atoms with Crippen molar-refractivity contribution >= 4 is 11.9 Å². The summed E-state index contributed by atoms with van der Waals surface area (Å²) in [7, 11) is 2.44. The lowest BCUT2D eigenvalue weighted by Gasteiger charge is -2.40. The Labute approximate surface area is 133 Å². The van der Waals surface area contributed by atoms with E-state index in [1.165, 1.54) is 26.4 Å². The Balaban J connectivity index is 5.08. The minimum atomic E-state index is -0.736. The molecule has 0 spiro atoms. The first-order valence-corrected chi connectivity index (χ1v) is 7.19. The van der Waals surface area contributed by atoms with E-state index in [0.29, 0.717) is 6.42 Å². The largest absolute Gasteiger partial charge is 0.466 e. The van der Waals surface area contributed by atoms with E-state index in [4.69, 9.17) is 0 Å². The SMILES string of the molecule is COC(=O)/C=C(/C=C/[C@@H](O)CC(C)(C)C(C)(C)C)C(=O)OC. The van der Waals surface area contributed by atoms with E-state index < -0.39 is 18.0 Å². The smallest absolute Gasteiger partial charge is 0.338 e.